The number of ether oxygens (including phenoxy) is 1. The van der Waals surface area contributed by atoms with Gasteiger partial charge in [0.2, 0.25) is 0 Å². The number of carbonyl (C=O) groups excluding carboxylic acids is 1. The SMILES string of the molecule is CC(C)(C)OC(=O)NCc1cnccc1C(C)(O)c1ccccc1. The summed E-state index contributed by atoms with van der Waals surface area (Å²) < 4.78 is 5.24. The molecule has 5 nitrogen and oxygen atoms in total. The molecule has 1 unspecified atom stereocenters. The molecule has 0 aliphatic carbocycles. The molecule has 5 heteroatoms. The van der Waals surface area contributed by atoms with Crippen LogP contribution in [0, 0.1) is 0 Å². The van der Waals surface area contributed by atoms with Crippen LogP contribution in [0.5, 0.6) is 0 Å². The van der Waals surface area contributed by atoms with Crippen LogP contribution in [-0.2, 0) is 16.9 Å². The number of aliphatic hydroxyl groups is 1. The van der Waals surface area contributed by atoms with Crippen LogP contribution < -0.4 is 5.32 Å². The van der Waals surface area contributed by atoms with E-state index < -0.39 is 17.3 Å². The fraction of sp³-hybridized carbons (Fsp3) is 0.368. The van der Waals surface area contributed by atoms with Crippen LogP contribution in [-0.4, -0.2) is 21.8 Å². The Morgan fingerprint density at radius 3 is 2.46 bits per heavy atom. The highest BCUT2D eigenvalue weighted by Crippen LogP contribution is 2.30. The molecule has 1 atom stereocenters. The molecule has 0 aliphatic heterocycles. The van der Waals surface area contributed by atoms with Gasteiger partial charge < -0.3 is 15.2 Å². The Morgan fingerprint density at radius 2 is 1.83 bits per heavy atom. The van der Waals surface area contributed by atoms with E-state index in [4.69, 9.17) is 4.74 Å². The van der Waals surface area contributed by atoms with Gasteiger partial charge >= 0.3 is 6.09 Å². The van der Waals surface area contributed by atoms with Crippen molar-refractivity contribution in [2.24, 2.45) is 0 Å². The van der Waals surface area contributed by atoms with Gasteiger partial charge in [0, 0.05) is 18.9 Å². The summed E-state index contributed by atoms with van der Waals surface area (Å²) in [5, 5.41) is 13.7. The quantitative estimate of drug-likeness (QED) is 0.903. The van der Waals surface area contributed by atoms with Gasteiger partial charge in [0.25, 0.3) is 0 Å². The summed E-state index contributed by atoms with van der Waals surface area (Å²) >= 11 is 0. The maximum atomic E-state index is 11.8. The van der Waals surface area contributed by atoms with Gasteiger partial charge in [-0.2, -0.15) is 0 Å². The Bertz CT molecular complexity index is 691. The topological polar surface area (TPSA) is 71.5 Å². The number of rotatable bonds is 4. The van der Waals surface area contributed by atoms with Crippen molar-refractivity contribution in [3.8, 4) is 0 Å². The van der Waals surface area contributed by atoms with Crippen molar-refractivity contribution in [3.05, 3.63) is 65.5 Å². The minimum atomic E-state index is -1.19. The third-order valence-electron chi connectivity index (χ3n) is 3.59. The number of hydrogen-bond donors (Lipinski definition) is 2. The first-order valence-corrected chi connectivity index (χ1v) is 7.88. The molecule has 0 radical (unpaired) electrons. The average molecular weight is 328 g/mol. The lowest BCUT2D eigenvalue weighted by Crippen LogP contribution is -2.33. The Morgan fingerprint density at radius 1 is 1.17 bits per heavy atom. The second kappa shape index (κ2) is 7.01. The fourth-order valence-corrected chi connectivity index (χ4v) is 2.44. The molecule has 1 heterocycles. The maximum absolute atomic E-state index is 11.8. The molecule has 1 aromatic heterocycles. The minimum absolute atomic E-state index is 0.223. The molecular formula is C19H24N2O3. The van der Waals surface area contributed by atoms with Crippen LogP contribution in [0.3, 0.4) is 0 Å². The molecule has 0 fully saturated rings. The molecule has 2 N–H and O–H groups in total. The zero-order valence-corrected chi connectivity index (χ0v) is 14.5. The monoisotopic (exact) mass is 328 g/mol. The van der Waals surface area contributed by atoms with E-state index in [1.54, 1.807) is 25.4 Å². The van der Waals surface area contributed by atoms with Gasteiger partial charge in [0.1, 0.15) is 11.2 Å². The first-order chi connectivity index (χ1) is 11.2. The van der Waals surface area contributed by atoms with Gasteiger partial charge in [-0.25, -0.2) is 4.79 Å². The van der Waals surface area contributed by atoms with Crippen LogP contribution in [0.1, 0.15) is 44.4 Å². The Labute approximate surface area is 142 Å². The lowest BCUT2D eigenvalue weighted by atomic mass is 9.86. The maximum Gasteiger partial charge on any atom is 0.407 e. The van der Waals surface area contributed by atoms with E-state index in [-0.39, 0.29) is 6.54 Å². The predicted octanol–water partition coefficient (Wildman–Crippen LogP) is 3.36. The second-order valence-corrected chi connectivity index (χ2v) is 6.83. The summed E-state index contributed by atoms with van der Waals surface area (Å²) in [6.07, 6.45) is 2.77. The van der Waals surface area contributed by atoms with Crippen molar-refractivity contribution in [2.75, 3.05) is 0 Å². The standard InChI is InChI=1S/C19H24N2O3/c1-18(2,3)24-17(22)21-13-14-12-20-11-10-16(14)19(4,23)15-8-6-5-7-9-15/h5-12,23H,13H2,1-4H3,(H,21,22). The molecule has 24 heavy (non-hydrogen) atoms. The molecule has 0 saturated carbocycles. The summed E-state index contributed by atoms with van der Waals surface area (Å²) in [5.41, 5.74) is 0.457. The van der Waals surface area contributed by atoms with Gasteiger partial charge in [-0.3, -0.25) is 4.98 Å². The Hall–Kier alpha value is -2.40. The summed E-state index contributed by atoms with van der Waals surface area (Å²) in [5.74, 6) is 0. The number of nitrogens with one attached hydrogen (secondary N) is 1. The molecule has 0 bridgehead atoms. The van der Waals surface area contributed by atoms with E-state index in [0.29, 0.717) is 5.56 Å². The molecule has 128 valence electrons. The third-order valence-corrected chi connectivity index (χ3v) is 3.59. The lowest BCUT2D eigenvalue weighted by Gasteiger charge is -2.27. The number of alkyl carbamates (subject to hydrolysis) is 1. The van der Waals surface area contributed by atoms with Crippen molar-refractivity contribution < 1.29 is 14.6 Å². The fourth-order valence-electron chi connectivity index (χ4n) is 2.44. The number of carbonyl (C=O) groups is 1. The van der Waals surface area contributed by atoms with Gasteiger partial charge in [0.15, 0.2) is 0 Å². The normalized spacial score (nSPS) is 13.9. The number of pyridine rings is 1. The van der Waals surface area contributed by atoms with Crippen LogP contribution in [0.25, 0.3) is 0 Å². The van der Waals surface area contributed by atoms with Gasteiger partial charge in [-0.1, -0.05) is 30.3 Å². The molecule has 0 aliphatic rings. The van der Waals surface area contributed by atoms with Gasteiger partial charge in [-0.15, -0.1) is 0 Å². The number of hydrogen-bond acceptors (Lipinski definition) is 4. The lowest BCUT2D eigenvalue weighted by molar-refractivity contribution is 0.0521. The van der Waals surface area contributed by atoms with E-state index in [9.17, 15) is 9.90 Å². The smallest absolute Gasteiger partial charge is 0.407 e. The molecule has 1 amide bonds. The van der Waals surface area contributed by atoms with Crippen LogP contribution in [0.4, 0.5) is 4.79 Å². The Balaban J connectivity index is 2.20. The highest BCUT2D eigenvalue weighted by Gasteiger charge is 2.28. The van der Waals surface area contributed by atoms with Crippen molar-refractivity contribution >= 4 is 6.09 Å². The summed E-state index contributed by atoms with van der Waals surface area (Å²) in [6.45, 7) is 7.38. The van der Waals surface area contributed by atoms with E-state index in [1.165, 1.54) is 0 Å². The molecule has 2 rings (SSSR count). The predicted molar refractivity (Wildman–Crippen MR) is 92.4 cm³/mol. The number of amides is 1. The van der Waals surface area contributed by atoms with Crippen LogP contribution in [0.15, 0.2) is 48.8 Å². The van der Waals surface area contributed by atoms with E-state index in [2.05, 4.69) is 10.3 Å². The molecule has 1 aromatic carbocycles. The number of nitrogens with zero attached hydrogens (tertiary/aromatic N) is 1. The third kappa shape index (κ3) is 4.55. The second-order valence-electron chi connectivity index (χ2n) is 6.83. The average Bonchev–Trinajstić information content (AvgIpc) is 2.52. The first-order valence-electron chi connectivity index (χ1n) is 7.88. The zero-order valence-electron chi connectivity index (χ0n) is 14.5. The van der Waals surface area contributed by atoms with Gasteiger partial charge in [-0.05, 0) is 50.5 Å². The number of aromatic nitrogens is 1. The van der Waals surface area contributed by atoms with Crippen molar-refractivity contribution in [3.63, 3.8) is 0 Å². The van der Waals surface area contributed by atoms with Crippen LogP contribution >= 0.6 is 0 Å². The summed E-state index contributed by atoms with van der Waals surface area (Å²) in [6, 6.07) is 11.2. The van der Waals surface area contributed by atoms with E-state index in [0.717, 1.165) is 11.1 Å². The first kappa shape index (κ1) is 17.9. The van der Waals surface area contributed by atoms with Crippen LogP contribution in [0.2, 0.25) is 0 Å². The van der Waals surface area contributed by atoms with E-state index in [1.807, 2.05) is 51.1 Å². The van der Waals surface area contributed by atoms with Crippen molar-refractivity contribution in [2.45, 2.75) is 45.4 Å². The molecule has 0 saturated heterocycles. The minimum Gasteiger partial charge on any atom is -0.444 e. The van der Waals surface area contributed by atoms with Crippen molar-refractivity contribution in [1.82, 2.24) is 10.3 Å². The highest BCUT2D eigenvalue weighted by atomic mass is 16.6. The number of benzene rings is 1. The molecule has 0 spiro atoms. The zero-order chi connectivity index (χ0) is 17.8. The summed E-state index contributed by atoms with van der Waals surface area (Å²) in [4.78, 5) is 15.9. The highest BCUT2D eigenvalue weighted by molar-refractivity contribution is 5.67. The summed E-state index contributed by atoms with van der Waals surface area (Å²) in [7, 11) is 0. The van der Waals surface area contributed by atoms with Crippen molar-refractivity contribution in [1.29, 1.82) is 0 Å². The Kier molecular flexibility index (Phi) is 5.24. The van der Waals surface area contributed by atoms with E-state index >= 15 is 0 Å². The molecular weight excluding hydrogens is 304 g/mol. The van der Waals surface area contributed by atoms with Gasteiger partial charge in [0.05, 0.1) is 0 Å². The largest absolute Gasteiger partial charge is 0.444 e. The molecule has 2 aromatic rings.